The molecular weight excluding hydrogens is 401 g/mol. The summed E-state index contributed by atoms with van der Waals surface area (Å²) < 4.78 is 19.5. The van der Waals surface area contributed by atoms with Crippen LogP contribution in [-0.4, -0.2) is 78.2 Å². The number of morpholine rings is 1. The highest BCUT2D eigenvalue weighted by atomic mass is 19.1. The predicted molar refractivity (Wildman–Crippen MR) is 115 cm³/mol. The Bertz CT molecular complexity index is 890. The van der Waals surface area contributed by atoms with E-state index in [2.05, 4.69) is 25.2 Å². The van der Waals surface area contributed by atoms with Crippen LogP contribution in [0.3, 0.4) is 0 Å². The summed E-state index contributed by atoms with van der Waals surface area (Å²) in [5, 5.41) is 3.12. The summed E-state index contributed by atoms with van der Waals surface area (Å²) >= 11 is 0. The summed E-state index contributed by atoms with van der Waals surface area (Å²) in [6.45, 7) is 5.87. The monoisotopic (exact) mass is 429 g/mol. The number of nitrogens with zero attached hydrogens (tertiary/aromatic N) is 5. The topological polar surface area (TPSA) is 110 Å². The number of primary amides is 1. The lowest BCUT2D eigenvalue weighted by Gasteiger charge is -2.32. The van der Waals surface area contributed by atoms with Crippen LogP contribution in [0.25, 0.3) is 0 Å². The minimum Gasteiger partial charge on any atom is -0.378 e. The molecule has 10 heteroatoms. The van der Waals surface area contributed by atoms with Crippen LogP contribution < -0.4 is 16.0 Å². The Hall–Kier alpha value is -2.85. The fraction of sp³-hybridized carbons (Fsp3) is 0.524. The standard InChI is InChI=1S/C21H28FN7O2/c22-17-13-26-21(29-8-10-31-11-9-29)27-20(17)24-5-7-28-6-1-2-16(14-28)18-4-3-15(12-25-18)19(23)30/h3-4,12-13,16H,1-2,5-11,14H2,(H2,23,30)(H,24,26,27). The zero-order valence-electron chi connectivity index (χ0n) is 17.5. The molecule has 31 heavy (non-hydrogen) atoms. The van der Waals surface area contributed by atoms with E-state index in [1.165, 1.54) is 6.20 Å². The van der Waals surface area contributed by atoms with Gasteiger partial charge in [0.25, 0.3) is 0 Å². The van der Waals surface area contributed by atoms with Gasteiger partial charge in [0.15, 0.2) is 11.6 Å². The van der Waals surface area contributed by atoms with Crippen LogP contribution >= 0.6 is 0 Å². The van der Waals surface area contributed by atoms with Gasteiger partial charge in [-0.05, 0) is 31.5 Å². The number of amides is 1. The summed E-state index contributed by atoms with van der Waals surface area (Å²) in [7, 11) is 0. The first-order valence-electron chi connectivity index (χ1n) is 10.7. The van der Waals surface area contributed by atoms with Crippen molar-refractivity contribution in [1.82, 2.24) is 19.9 Å². The molecule has 2 aromatic heterocycles. The lowest BCUT2D eigenvalue weighted by Crippen LogP contribution is -2.38. The van der Waals surface area contributed by atoms with E-state index in [-0.39, 0.29) is 5.82 Å². The number of piperidine rings is 1. The van der Waals surface area contributed by atoms with E-state index in [1.54, 1.807) is 12.3 Å². The molecular formula is C21H28FN7O2. The molecule has 0 aliphatic carbocycles. The number of carbonyl (C=O) groups is 1. The van der Waals surface area contributed by atoms with Crippen molar-refractivity contribution in [2.24, 2.45) is 5.73 Å². The van der Waals surface area contributed by atoms with Crippen molar-refractivity contribution in [3.8, 4) is 0 Å². The molecule has 0 bridgehead atoms. The fourth-order valence-corrected chi connectivity index (χ4v) is 4.02. The van der Waals surface area contributed by atoms with Crippen LogP contribution in [0.5, 0.6) is 0 Å². The maximum Gasteiger partial charge on any atom is 0.250 e. The largest absolute Gasteiger partial charge is 0.378 e. The summed E-state index contributed by atoms with van der Waals surface area (Å²) in [4.78, 5) is 28.5. The van der Waals surface area contributed by atoms with Crippen LogP contribution in [0, 0.1) is 5.82 Å². The molecule has 2 saturated heterocycles. The van der Waals surface area contributed by atoms with Gasteiger partial charge < -0.3 is 25.6 Å². The van der Waals surface area contributed by atoms with Crippen LogP contribution in [0.15, 0.2) is 24.5 Å². The van der Waals surface area contributed by atoms with Gasteiger partial charge in [-0.2, -0.15) is 4.98 Å². The average molecular weight is 430 g/mol. The van der Waals surface area contributed by atoms with Crippen LogP contribution in [0.1, 0.15) is 34.8 Å². The second kappa shape index (κ2) is 9.97. The molecule has 9 nitrogen and oxygen atoms in total. The van der Waals surface area contributed by atoms with E-state index < -0.39 is 11.7 Å². The second-order valence-electron chi connectivity index (χ2n) is 7.87. The molecule has 2 aliphatic heterocycles. The SMILES string of the molecule is NC(=O)c1ccc(C2CCCN(CCNc3nc(N4CCOCC4)ncc3F)C2)nc1. The van der Waals surface area contributed by atoms with Gasteiger partial charge in [0.05, 0.1) is 25.0 Å². The molecule has 0 radical (unpaired) electrons. The Morgan fingerprint density at radius 3 is 2.81 bits per heavy atom. The number of aromatic nitrogens is 3. The molecule has 4 heterocycles. The number of carbonyl (C=O) groups excluding carboxylic acids is 1. The first kappa shape index (κ1) is 21.4. The van der Waals surface area contributed by atoms with Gasteiger partial charge in [-0.25, -0.2) is 9.37 Å². The van der Waals surface area contributed by atoms with E-state index in [4.69, 9.17) is 10.5 Å². The molecule has 2 aromatic rings. The molecule has 0 aromatic carbocycles. The van der Waals surface area contributed by atoms with E-state index in [9.17, 15) is 9.18 Å². The zero-order valence-corrected chi connectivity index (χ0v) is 17.5. The molecule has 2 aliphatic rings. The predicted octanol–water partition coefficient (Wildman–Crippen LogP) is 1.24. The lowest BCUT2D eigenvalue weighted by molar-refractivity contribution is 0.1000. The minimum atomic E-state index is -0.468. The van der Waals surface area contributed by atoms with Gasteiger partial charge in [0.2, 0.25) is 11.9 Å². The number of likely N-dealkylation sites (tertiary alicyclic amines) is 1. The Morgan fingerprint density at radius 1 is 1.23 bits per heavy atom. The molecule has 2 fully saturated rings. The third-order valence-corrected chi connectivity index (χ3v) is 5.74. The Morgan fingerprint density at radius 2 is 2.06 bits per heavy atom. The third kappa shape index (κ3) is 5.45. The zero-order chi connectivity index (χ0) is 21.6. The first-order valence-corrected chi connectivity index (χ1v) is 10.7. The highest BCUT2D eigenvalue weighted by Crippen LogP contribution is 2.25. The normalized spacial score (nSPS) is 19.9. The van der Waals surface area contributed by atoms with Gasteiger partial charge in [-0.15, -0.1) is 0 Å². The number of rotatable bonds is 7. The highest BCUT2D eigenvalue weighted by Gasteiger charge is 2.22. The molecule has 0 spiro atoms. The highest BCUT2D eigenvalue weighted by molar-refractivity contribution is 5.92. The number of halogens is 1. The summed E-state index contributed by atoms with van der Waals surface area (Å²) in [5.41, 5.74) is 6.68. The van der Waals surface area contributed by atoms with Crippen LogP contribution in [0.2, 0.25) is 0 Å². The maximum atomic E-state index is 14.2. The van der Waals surface area contributed by atoms with E-state index in [1.807, 2.05) is 11.0 Å². The lowest BCUT2D eigenvalue weighted by atomic mass is 9.94. The number of anilines is 2. The number of hydrogen-bond acceptors (Lipinski definition) is 8. The number of pyridine rings is 1. The average Bonchev–Trinajstić information content (AvgIpc) is 2.81. The van der Waals surface area contributed by atoms with Crippen molar-refractivity contribution >= 4 is 17.7 Å². The van der Waals surface area contributed by atoms with Gasteiger partial charge >= 0.3 is 0 Å². The third-order valence-electron chi connectivity index (χ3n) is 5.74. The number of ether oxygens (including phenoxy) is 1. The number of nitrogens with two attached hydrogens (primary N) is 1. The van der Waals surface area contributed by atoms with Crippen molar-refractivity contribution in [3.63, 3.8) is 0 Å². The van der Waals surface area contributed by atoms with Crippen molar-refractivity contribution in [2.45, 2.75) is 18.8 Å². The fourth-order valence-electron chi connectivity index (χ4n) is 4.02. The second-order valence-corrected chi connectivity index (χ2v) is 7.87. The molecule has 4 rings (SSSR count). The molecule has 1 atom stereocenters. The molecule has 1 unspecified atom stereocenters. The van der Waals surface area contributed by atoms with Crippen LogP contribution in [-0.2, 0) is 4.74 Å². The quantitative estimate of drug-likeness (QED) is 0.677. The molecule has 1 amide bonds. The van der Waals surface area contributed by atoms with Crippen molar-refractivity contribution in [1.29, 1.82) is 0 Å². The Balaban J connectivity index is 1.30. The summed E-state index contributed by atoms with van der Waals surface area (Å²) in [5.74, 6) is 0.139. The minimum absolute atomic E-state index is 0.230. The first-order chi connectivity index (χ1) is 15.1. The van der Waals surface area contributed by atoms with Crippen LogP contribution in [0.4, 0.5) is 16.2 Å². The van der Waals surface area contributed by atoms with Gasteiger partial charge in [0, 0.05) is 50.5 Å². The summed E-state index contributed by atoms with van der Waals surface area (Å²) in [6, 6.07) is 3.62. The van der Waals surface area contributed by atoms with Gasteiger partial charge in [-0.3, -0.25) is 9.78 Å². The Kier molecular flexibility index (Phi) is 6.88. The smallest absolute Gasteiger partial charge is 0.250 e. The van der Waals surface area contributed by atoms with Crippen molar-refractivity contribution in [3.05, 3.63) is 41.6 Å². The number of hydrogen-bond donors (Lipinski definition) is 2. The summed E-state index contributed by atoms with van der Waals surface area (Å²) in [6.07, 6.45) is 4.88. The van der Waals surface area contributed by atoms with Gasteiger partial charge in [-0.1, -0.05) is 0 Å². The maximum absolute atomic E-state index is 14.2. The Labute approximate surface area is 180 Å². The molecule has 3 N–H and O–H groups in total. The van der Waals surface area contributed by atoms with Crippen molar-refractivity contribution < 1.29 is 13.9 Å². The number of nitrogens with one attached hydrogen (secondary N) is 1. The van der Waals surface area contributed by atoms with E-state index in [0.717, 1.165) is 38.2 Å². The van der Waals surface area contributed by atoms with E-state index >= 15 is 0 Å². The molecule has 166 valence electrons. The van der Waals surface area contributed by atoms with E-state index in [0.29, 0.717) is 50.3 Å². The van der Waals surface area contributed by atoms with Gasteiger partial charge in [0.1, 0.15) is 0 Å². The molecule has 0 saturated carbocycles. The van der Waals surface area contributed by atoms with Crippen molar-refractivity contribution in [2.75, 3.05) is 62.7 Å².